The fourth-order valence-electron chi connectivity index (χ4n) is 2.66. The summed E-state index contributed by atoms with van der Waals surface area (Å²) in [5.41, 5.74) is 2.90. The summed E-state index contributed by atoms with van der Waals surface area (Å²) < 4.78 is 0.953. The summed E-state index contributed by atoms with van der Waals surface area (Å²) in [7, 11) is 0. The molecule has 1 N–H and O–H groups in total. The van der Waals surface area contributed by atoms with Crippen molar-refractivity contribution in [1.82, 2.24) is 10.2 Å². The molecule has 2 aromatic rings. The monoisotopic (exact) mass is 458 g/mol. The van der Waals surface area contributed by atoms with E-state index in [0.717, 1.165) is 32.9 Å². The molecule has 5 nitrogen and oxygen atoms in total. The fourth-order valence-corrected chi connectivity index (χ4v) is 3.79. The second-order valence-electron chi connectivity index (χ2n) is 6.40. The van der Waals surface area contributed by atoms with Crippen LogP contribution in [0.2, 0.25) is 0 Å². The summed E-state index contributed by atoms with van der Waals surface area (Å²) in [5, 5.41) is 2.44. The van der Waals surface area contributed by atoms with Gasteiger partial charge in [-0.2, -0.15) is 0 Å². The minimum Gasteiger partial charge on any atom is -0.354 e. The molecule has 0 aliphatic carbocycles. The largest absolute Gasteiger partial charge is 0.354 e. The summed E-state index contributed by atoms with van der Waals surface area (Å²) in [6.07, 6.45) is 1.97. The lowest BCUT2D eigenvalue weighted by molar-refractivity contribution is -0.124. The Morgan fingerprint density at radius 3 is 2.46 bits per heavy atom. The van der Waals surface area contributed by atoms with E-state index >= 15 is 0 Å². The maximum Gasteiger partial charge on any atom is 0.293 e. The molecular formula is C21H19BrN2O3S. The summed E-state index contributed by atoms with van der Waals surface area (Å²) in [6.45, 7) is 2.37. The van der Waals surface area contributed by atoms with Crippen molar-refractivity contribution in [3.8, 4) is 0 Å². The van der Waals surface area contributed by atoms with E-state index in [-0.39, 0.29) is 36.6 Å². The van der Waals surface area contributed by atoms with Crippen LogP contribution >= 0.6 is 27.7 Å². The first-order valence-electron chi connectivity index (χ1n) is 8.75. The molecular weight excluding hydrogens is 440 g/mol. The van der Waals surface area contributed by atoms with Crippen LogP contribution in [0.5, 0.6) is 0 Å². The number of aryl methyl sites for hydroxylation is 1. The van der Waals surface area contributed by atoms with Crippen molar-refractivity contribution in [2.45, 2.75) is 13.3 Å². The van der Waals surface area contributed by atoms with Crippen LogP contribution in [-0.4, -0.2) is 35.0 Å². The Labute approximate surface area is 176 Å². The number of carbonyl (C=O) groups excluding carboxylic acids is 3. The number of benzene rings is 2. The standard InChI is InChI=1S/C21H19BrN2O3S/c1-14-2-4-15(5-3-14)12-18-20(26)24(21(27)28-18)11-10-23-19(25)13-16-6-8-17(22)9-7-16/h2-9,12H,10-11,13H2,1H3,(H,23,25). The number of halogens is 1. The molecule has 0 aromatic heterocycles. The third kappa shape index (κ3) is 5.33. The van der Waals surface area contributed by atoms with Gasteiger partial charge in [0.2, 0.25) is 5.91 Å². The van der Waals surface area contributed by atoms with Crippen molar-refractivity contribution in [2.75, 3.05) is 13.1 Å². The van der Waals surface area contributed by atoms with Gasteiger partial charge < -0.3 is 5.32 Å². The lowest BCUT2D eigenvalue weighted by Gasteiger charge is -2.13. The highest BCUT2D eigenvalue weighted by molar-refractivity contribution is 9.10. The van der Waals surface area contributed by atoms with Crippen molar-refractivity contribution in [2.24, 2.45) is 0 Å². The third-order valence-electron chi connectivity index (χ3n) is 4.18. The molecule has 3 amide bonds. The molecule has 3 rings (SSSR count). The van der Waals surface area contributed by atoms with Crippen LogP contribution in [0.15, 0.2) is 57.9 Å². The van der Waals surface area contributed by atoms with Gasteiger partial charge in [-0.1, -0.05) is 57.9 Å². The molecule has 0 atom stereocenters. The second-order valence-corrected chi connectivity index (χ2v) is 8.31. The van der Waals surface area contributed by atoms with Crippen LogP contribution in [0.4, 0.5) is 4.79 Å². The maximum atomic E-state index is 12.5. The number of nitrogens with zero attached hydrogens (tertiary/aromatic N) is 1. The van der Waals surface area contributed by atoms with Crippen molar-refractivity contribution >= 4 is 50.8 Å². The van der Waals surface area contributed by atoms with Crippen LogP contribution in [0.3, 0.4) is 0 Å². The summed E-state index contributed by atoms with van der Waals surface area (Å²) in [6, 6.07) is 15.2. The van der Waals surface area contributed by atoms with E-state index in [1.165, 1.54) is 4.90 Å². The van der Waals surface area contributed by atoms with Crippen molar-refractivity contribution in [1.29, 1.82) is 0 Å². The molecule has 1 aliphatic rings. The highest BCUT2D eigenvalue weighted by Gasteiger charge is 2.34. The number of imide groups is 1. The first-order chi connectivity index (χ1) is 13.4. The van der Waals surface area contributed by atoms with Crippen LogP contribution in [0, 0.1) is 6.92 Å². The Morgan fingerprint density at radius 2 is 1.79 bits per heavy atom. The van der Waals surface area contributed by atoms with Gasteiger partial charge in [0, 0.05) is 17.6 Å². The van der Waals surface area contributed by atoms with Gasteiger partial charge >= 0.3 is 0 Å². The van der Waals surface area contributed by atoms with Gasteiger partial charge in [-0.15, -0.1) is 0 Å². The zero-order valence-corrected chi connectivity index (χ0v) is 17.7. The van der Waals surface area contributed by atoms with E-state index in [4.69, 9.17) is 0 Å². The predicted molar refractivity (Wildman–Crippen MR) is 115 cm³/mol. The molecule has 1 fully saturated rings. The highest BCUT2D eigenvalue weighted by Crippen LogP contribution is 2.31. The summed E-state index contributed by atoms with van der Waals surface area (Å²) in [4.78, 5) is 38.2. The zero-order valence-electron chi connectivity index (χ0n) is 15.3. The average Bonchev–Trinajstić information content (AvgIpc) is 2.93. The smallest absolute Gasteiger partial charge is 0.293 e. The van der Waals surface area contributed by atoms with Gasteiger partial charge in [-0.25, -0.2) is 0 Å². The Kier molecular flexibility index (Phi) is 6.70. The van der Waals surface area contributed by atoms with E-state index in [1.807, 2.05) is 55.5 Å². The van der Waals surface area contributed by atoms with E-state index in [2.05, 4.69) is 21.2 Å². The topological polar surface area (TPSA) is 66.5 Å². The van der Waals surface area contributed by atoms with Crippen molar-refractivity contribution < 1.29 is 14.4 Å². The molecule has 0 spiro atoms. The fraction of sp³-hybridized carbons (Fsp3) is 0.190. The van der Waals surface area contributed by atoms with E-state index < -0.39 is 0 Å². The molecule has 1 saturated heterocycles. The molecule has 7 heteroatoms. The highest BCUT2D eigenvalue weighted by atomic mass is 79.9. The molecule has 0 bridgehead atoms. The first-order valence-corrected chi connectivity index (χ1v) is 10.4. The number of hydrogen-bond donors (Lipinski definition) is 1. The van der Waals surface area contributed by atoms with Gasteiger partial charge in [-0.3, -0.25) is 19.3 Å². The van der Waals surface area contributed by atoms with Crippen LogP contribution in [0.25, 0.3) is 6.08 Å². The quantitative estimate of drug-likeness (QED) is 0.660. The number of hydrogen-bond acceptors (Lipinski definition) is 4. The Balaban J connectivity index is 1.52. The van der Waals surface area contributed by atoms with Crippen molar-refractivity contribution in [3.63, 3.8) is 0 Å². The second kappa shape index (κ2) is 9.21. The predicted octanol–water partition coefficient (Wildman–Crippen LogP) is 4.15. The molecule has 2 aromatic carbocycles. The minimum absolute atomic E-state index is 0.149. The number of rotatable bonds is 6. The molecule has 0 unspecified atom stereocenters. The number of amides is 3. The first kappa shape index (κ1) is 20.4. The molecule has 144 valence electrons. The minimum atomic E-state index is -0.322. The van der Waals surface area contributed by atoms with Gasteiger partial charge in [0.25, 0.3) is 11.1 Å². The van der Waals surface area contributed by atoms with Gasteiger partial charge in [0.05, 0.1) is 11.3 Å². The number of nitrogens with one attached hydrogen (secondary N) is 1. The number of thioether (sulfide) groups is 1. The average molecular weight is 459 g/mol. The molecule has 0 radical (unpaired) electrons. The normalized spacial score (nSPS) is 15.4. The SMILES string of the molecule is Cc1ccc(C=C2SC(=O)N(CCNC(=O)Cc3ccc(Br)cc3)C2=O)cc1. The van der Waals surface area contributed by atoms with Crippen LogP contribution < -0.4 is 5.32 Å². The summed E-state index contributed by atoms with van der Waals surface area (Å²) in [5.74, 6) is -0.470. The number of carbonyl (C=O) groups is 3. The van der Waals surface area contributed by atoms with E-state index in [0.29, 0.717) is 4.91 Å². The van der Waals surface area contributed by atoms with Crippen LogP contribution in [0.1, 0.15) is 16.7 Å². The van der Waals surface area contributed by atoms with Gasteiger partial charge in [-0.05, 0) is 48.0 Å². The lowest BCUT2D eigenvalue weighted by Crippen LogP contribution is -2.37. The van der Waals surface area contributed by atoms with E-state index in [9.17, 15) is 14.4 Å². The molecule has 28 heavy (non-hydrogen) atoms. The Bertz CT molecular complexity index is 924. The maximum absolute atomic E-state index is 12.5. The molecule has 1 heterocycles. The van der Waals surface area contributed by atoms with Crippen molar-refractivity contribution in [3.05, 3.63) is 74.6 Å². The lowest BCUT2D eigenvalue weighted by atomic mass is 10.1. The Hall–Kier alpha value is -2.38. The molecule has 0 saturated carbocycles. The zero-order chi connectivity index (χ0) is 20.1. The third-order valence-corrected chi connectivity index (χ3v) is 5.62. The van der Waals surface area contributed by atoms with Gasteiger partial charge in [0.1, 0.15) is 0 Å². The Morgan fingerprint density at radius 1 is 1.11 bits per heavy atom. The van der Waals surface area contributed by atoms with Gasteiger partial charge in [0.15, 0.2) is 0 Å². The van der Waals surface area contributed by atoms with E-state index in [1.54, 1.807) is 6.08 Å². The van der Waals surface area contributed by atoms with Crippen LogP contribution in [-0.2, 0) is 16.0 Å². The molecule has 1 aliphatic heterocycles. The summed E-state index contributed by atoms with van der Waals surface area (Å²) >= 11 is 4.28.